The number of nitrogens with zero attached hydrogens (tertiary/aromatic N) is 2. The molecule has 2 fully saturated rings. The smallest absolute Gasteiger partial charge is 0.269 e. The minimum Gasteiger partial charge on any atom is -0.381 e. The van der Waals surface area contributed by atoms with Crippen molar-refractivity contribution in [3.05, 3.63) is 39.9 Å². The van der Waals surface area contributed by atoms with Gasteiger partial charge in [0.15, 0.2) is 0 Å². The van der Waals surface area contributed by atoms with Gasteiger partial charge in [-0.1, -0.05) is 12.1 Å². The van der Waals surface area contributed by atoms with Crippen LogP contribution in [0.5, 0.6) is 0 Å². The molecular weight excluding hydrogens is 318 g/mol. The van der Waals surface area contributed by atoms with E-state index in [1.54, 1.807) is 12.1 Å². The number of nitro groups is 1. The number of non-ortho nitro benzene ring substituents is 1. The van der Waals surface area contributed by atoms with Crippen molar-refractivity contribution in [3.8, 4) is 0 Å². The predicted octanol–water partition coefficient (Wildman–Crippen LogP) is 2.62. The molecule has 6 heteroatoms. The van der Waals surface area contributed by atoms with Crippen molar-refractivity contribution in [2.45, 2.75) is 38.1 Å². The molecule has 25 heavy (non-hydrogen) atoms. The maximum Gasteiger partial charge on any atom is 0.269 e. The molecule has 2 heterocycles. The van der Waals surface area contributed by atoms with Crippen molar-refractivity contribution in [2.24, 2.45) is 5.92 Å². The molecule has 1 aromatic rings. The van der Waals surface area contributed by atoms with E-state index in [0.717, 1.165) is 64.6 Å². The Bertz CT molecular complexity index is 535. The van der Waals surface area contributed by atoms with E-state index < -0.39 is 0 Å². The molecule has 0 saturated carbocycles. The van der Waals surface area contributed by atoms with Crippen molar-refractivity contribution < 1.29 is 9.66 Å². The zero-order valence-corrected chi connectivity index (χ0v) is 14.9. The maximum absolute atomic E-state index is 10.7. The first-order valence-corrected chi connectivity index (χ1v) is 9.47. The molecule has 6 nitrogen and oxygen atoms in total. The van der Waals surface area contributed by atoms with Crippen LogP contribution in [0.25, 0.3) is 0 Å². The maximum atomic E-state index is 10.7. The number of nitrogens with one attached hydrogen (secondary N) is 1. The Kier molecular flexibility index (Phi) is 6.78. The average molecular weight is 347 g/mol. The van der Waals surface area contributed by atoms with Crippen LogP contribution in [0, 0.1) is 16.0 Å². The van der Waals surface area contributed by atoms with Gasteiger partial charge >= 0.3 is 0 Å². The summed E-state index contributed by atoms with van der Waals surface area (Å²) in [5.41, 5.74) is 1.34. The first kappa shape index (κ1) is 18.3. The van der Waals surface area contributed by atoms with Crippen LogP contribution < -0.4 is 5.32 Å². The lowest BCUT2D eigenvalue weighted by molar-refractivity contribution is -0.384. The summed E-state index contributed by atoms with van der Waals surface area (Å²) in [6.45, 7) is 6.30. The average Bonchev–Trinajstić information content (AvgIpc) is 2.67. The number of hydrogen-bond acceptors (Lipinski definition) is 5. The molecule has 2 aliphatic rings. The number of likely N-dealkylation sites (tertiary alicyclic amines) is 1. The second kappa shape index (κ2) is 9.27. The first-order valence-electron chi connectivity index (χ1n) is 9.47. The van der Waals surface area contributed by atoms with Gasteiger partial charge in [-0.25, -0.2) is 0 Å². The summed E-state index contributed by atoms with van der Waals surface area (Å²) in [4.78, 5) is 12.9. The van der Waals surface area contributed by atoms with Crippen LogP contribution in [0.4, 0.5) is 5.69 Å². The molecule has 0 aromatic heterocycles. The molecule has 2 saturated heterocycles. The van der Waals surface area contributed by atoms with Crippen LogP contribution in [0.3, 0.4) is 0 Å². The van der Waals surface area contributed by atoms with Crippen LogP contribution in [-0.4, -0.2) is 55.3 Å². The highest BCUT2D eigenvalue weighted by atomic mass is 16.6. The molecule has 0 amide bonds. The van der Waals surface area contributed by atoms with Crippen molar-refractivity contribution in [1.29, 1.82) is 0 Å². The van der Waals surface area contributed by atoms with Gasteiger partial charge in [0.05, 0.1) is 4.92 Å². The van der Waals surface area contributed by atoms with E-state index in [2.05, 4.69) is 10.2 Å². The number of ether oxygens (including phenoxy) is 1. The lowest BCUT2D eigenvalue weighted by Crippen LogP contribution is -2.42. The third kappa shape index (κ3) is 5.76. The van der Waals surface area contributed by atoms with Gasteiger partial charge in [-0.15, -0.1) is 0 Å². The quantitative estimate of drug-likeness (QED) is 0.607. The first-order chi connectivity index (χ1) is 12.2. The summed E-state index contributed by atoms with van der Waals surface area (Å²) >= 11 is 0. The highest BCUT2D eigenvalue weighted by Crippen LogP contribution is 2.18. The van der Waals surface area contributed by atoms with Gasteiger partial charge < -0.3 is 15.0 Å². The Morgan fingerprint density at radius 3 is 2.44 bits per heavy atom. The second-order valence-corrected chi connectivity index (χ2v) is 7.25. The van der Waals surface area contributed by atoms with E-state index in [1.165, 1.54) is 18.4 Å². The molecule has 0 radical (unpaired) electrons. The van der Waals surface area contributed by atoms with E-state index in [9.17, 15) is 10.1 Å². The fourth-order valence-electron chi connectivity index (χ4n) is 3.72. The van der Waals surface area contributed by atoms with Crippen LogP contribution in [-0.2, 0) is 11.2 Å². The van der Waals surface area contributed by atoms with Gasteiger partial charge in [0.2, 0.25) is 0 Å². The van der Waals surface area contributed by atoms with Gasteiger partial charge in [-0.3, -0.25) is 10.1 Å². The highest BCUT2D eigenvalue weighted by molar-refractivity contribution is 5.32. The molecule has 0 unspecified atom stereocenters. The summed E-state index contributed by atoms with van der Waals surface area (Å²) in [6.07, 6.45) is 5.78. The molecule has 3 rings (SSSR count). The number of piperidine rings is 1. The minimum absolute atomic E-state index is 0.168. The summed E-state index contributed by atoms with van der Waals surface area (Å²) in [7, 11) is 0. The number of nitro benzene ring substituents is 1. The Balaban J connectivity index is 1.32. The monoisotopic (exact) mass is 347 g/mol. The molecule has 0 aliphatic carbocycles. The second-order valence-electron chi connectivity index (χ2n) is 7.25. The van der Waals surface area contributed by atoms with Crippen LogP contribution >= 0.6 is 0 Å². The Morgan fingerprint density at radius 2 is 1.80 bits per heavy atom. The molecule has 1 aromatic carbocycles. The minimum atomic E-state index is -0.344. The van der Waals surface area contributed by atoms with Crippen molar-refractivity contribution >= 4 is 5.69 Å². The van der Waals surface area contributed by atoms with Gasteiger partial charge in [-0.2, -0.15) is 0 Å². The standard InChI is InChI=1S/C19H29N3O3/c23-22(24)19-3-1-16(2-4-19)5-10-21-11-6-17(7-12-21)15-20-18-8-13-25-14-9-18/h1-4,17-18,20H,5-15H2. The lowest BCUT2D eigenvalue weighted by atomic mass is 9.95. The highest BCUT2D eigenvalue weighted by Gasteiger charge is 2.21. The Morgan fingerprint density at radius 1 is 1.12 bits per heavy atom. The molecular formula is C19H29N3O3. The number of rotatable bonds is 7. The topological polar surface area (TPSA) is 67.6 Å². The fourth-order valence-corrected chi connectivity index (χ4v) is 3.72. The molecule has 2 aliphatic heterocycles. The molecule has 1 N–H and O–H groups in total. The molecule has 0 bridgehead atoms. The van der Waals surface area contributed by atoms with E-state index in [4.69, 9.17) is 4.74 Å². The summed E-state index contributed by atoms with van der Waals surface area (Å²) in [6, 6.07) is 7.60. The Labute approximate surface area is 149 Å². The third-order valence-electron chi connectivity index (χ3n) is 5.49. The van der Waals surface area contributed by atoms with E-state index in [1.807, 2.05) is 12.1 Å². The Hall–Kier alpha value is -1.50. The zero-order chi connectivity index (χ0) is 17.5. The van der Waals surface area contributed by atoms with E-state index >= 15 is 0 Å². The van der Waals surface area contributed by atoms with Gasteiger partial charge in [-0.05, 0) is 63.2 Å². The predicted molar refractivity (Wildman–Crippen MR) is 97.8 cm³/mol. The lowest BCUT2D eigenvalue weighted by Gasteiger charge is -2.33. The van der Waals surface area contributed by atoms with Gasteiger partial charge in [0.1, 0.15) is 0 Å². The van der Waals surface area contributed by atoms with Crippen molar-refractivity contribution in [1.82, 2.24) is 10.2 Å². The van der Waals surface area contributed by atoms with Crippen LogP contribution in [0.15, 0.2) is 24.3 Å². The van der Waals surface area contributed by atoms with Crippen LogP contribution in [0.2, 0.25) is 0 Å². The number of hydrogen-bond donors (Lipinski definition) is 1. The van der Waals surface area contributed by atoms with Crippen molar-refractivity contribution in [3.63, 3.8) is 0 Å². The van der Waals surface area contributed by atoms with Crippen molar-refractivity contribution in [2.75, 3.05) is 39.4 Å². The third-order valence-corrected chi connectivity index (χ3v) is 5.49. The summed E-state index contributed by atoms with van der Waals surface area (Å²) in [5, 5.41) is 14.4. The largest absolute Gasteiger partial charge is 0.381 e. The van der Waals surface area contributed by atoms with Crippen LogP contribution in [0.1, 0.15) is 31.2 Å². The van der Waals surface area contributed by atoms with Gasteiger partial charge in [0.25, 0.3) is 5.69 Å². The zero-order valence-electron chi connectivity index (χ0n) is 14.9. The molecule has 138 valence electrons. The summed E-state index contributed by atoms with van der Waals surface area (Å²) < 4.78 is 5.41. The SMILES string of the molecule is O=[N+]([O-])c1ccc(CCN2CCC(CNC3CCOCC3)CC2)cc1. The molecule has 0 atom stereocenters. The van der Waals surface area contributed by atoms with E-state index in [-0.39, 0.29) is 10.6 Å². The summed E-state index contributed by atoms with van der Waals surface area (Å²) in [5.74, 6) is 0.790. The number of benzene rings is 1. The normalized spacial score (nSPS) is 20.6. The van der Waals surface area contributed by atoms with E-state index in [0.29, 0.717) is 6.04 Å². The molecule has 0 spiro atoms. The fraction of sp³-hybridized carbons (Fsp3) is 0.684. The van der Waals surface area contributed by atoms with Gasteiger partial charge in [0, 0.05) is 37.9 Å².